The van der Waals surface area contributed by atoms with Gasteiger partial charge in [-0.15, -0.1) is 0 Å². The van der Waals surface area contributed by atoms with Crippen molar-refractivity contribution in [3.63, 3.8) is 0 Å². The molecular weight excluding hydrogens is 342 g/mol. The summed E-state index contributed by atoms with van der Waals surface area (Å²) in [6.45, 7) is 0. The molecule has 2 aromatic rings. The summed E-state index contributed by atoms with van der Waals surface area (Å²) in [4.78, 5) is 29.1. The quantitative estimate of drug-likeness (QED) is 0.662. The zero-order valence-corrected chi connectivity index (χ0v) is 15.3. The fourth-order valence-electron chi connectivity index (χ4n) is 3.09. The molecule has 25 heavy (non-hydrogen) atoms. The molecule has 0 saturated carbocycles. The Morgan fingerprint density at radius 1 is 1.28 bits per heavy atom. The number of anilines is 1. The lowest BCUT2D eigenvalue weighted by molar-refractivity contribution is -0.116. The summed E-state index contributed by atoms with van der Waals surface area (Å²) >= 11 is 1.35. The molecule has 0 spiro atoms. The molecule has 132 valence electrons. The van der Waals surface area contributed by atoms with E-state index >= 15 is 0 Å². The van der Waals surface area contributed by atoms with Crippen LogP contribution < -0.4 is 20.3 Å². The molecule has 1 aliphatic rings. The number of carbonyl (C=O) groups is 1. The number of nitrogens with one attached hydrogen (secondary N) is 1. The Labute approximate surface area is 149 Å². The number of rotatable bonds is 4. The highest BCUT2D eigenvalue weighted by Crippen LogP contribution is 2.40. The number of ether oxygens (including phenoxy) is 2. The lowest BCUT2D eigenvalue weighted by Gasteiger charge is -2.28. The fraction of sp³-hybridized carbons (Fsp3) is 0.353. The molecule has 0 fully saturated rings. The summed E-state index contributed by atoms with van der Waals surface area (Å²) in [6, 6.07) is 5.36. The Balaban J connectivity index is 2.23. The summed E-state index contributed by atoms with van der Waals surface area (Å²) in [5, 5.41) is 3.36. The predicted octanol–water partition coefficient (Wildman–Crippen LogP) is 1.99. The molecule has 8 heteroatoms. The molecule has 2 heterocycles. The summed E-state index contributed by atoms with van der Waals surface area (Å²) in [5.74, 6) is 1.13. The second-order valence-corrected chi connectivity index (χ2v) is 6.41. The summed E-state index contributed by atoms with van der Waals surface area (Å²) < 4.78 is 12.4. The van der Waals surface area contributed by atoms with Gasteiger partial charge in [-0.25, -0.2) is 0 Å². The molecule has 1 aliphatic heterocycles. The van der Waals surface area contributed by atoms with Crippen molar-refractivity contribution in [2.24, 2.45) is 7.05 Å². The first-order valence-corrected chi connectivity index (χ1v) is 8.89. The Morgan fingerprint density at radius 2 is 2.04 bits per heavy atom. The van der Waals surface area contributed by atoms with Crippen molar-refractivity contribution in [2.75, 3.05) is 25.8 Å². The molecule has 0 bridgehead atoms. The Bertz CT molecular complexity index is 894. The van der Waals surface area contributed by atoms with Gasteiger partial charge in [-0.05, 0) is 12.3 Å². The van der Waals surface area contributed by atoms with Crippen LogP contribution in [-0.2, 0) is 11.8 Å². The first-order chi connectivity index (χ1) is 12.0. The van der Waals surface area contributed by atoms with Crippen LogP contribution >= 0.6 is 11.8 Å². The van der Waals surface area contributed by atoms with Gasteiger partial charge in [-0.3, -0.25) is 9.59 Å². The van der Waals surface area contributed by atoms with Gasteiger partial charge in [0.1, 0.15) is 17.3 Å². The standard InChI is InChI=1S/C17H19N3O4S/c1-20-15-14(16(22)19-17(20)25-4)11(8-13(21)18-15)10-6-5-9(23-2)7-12(10)24-3/h5-7,11H,8H2,1-4H3,(H,18,21)/t11-/m0/s1. The van der Waals surface area contributed by atoms with Crippen LogP contribution in [0.4, 0.5) is 5.82 Å². The maximum atomic E-state index is 12.7. The lowest BCUT2D eigenvalue weighted by atomic mass is 9.86. The van der Waals surface area contributed by atoms with E-state index in [4.69, 9.17) is 9.47 Å². The normalized spacial score (nSPS) is 16.2. The Hall–Kier alpha value is -2.48. The minimum atomic E-state index is -0.424. The Kier molecular flexibility index (Phi) is 4.71. The third-order valence-corrected chi connectivity index (χ3v) is 5.03. The first-order valence-electron chi connectivity index (χ1n) is 7.66. The van der Waals surface area contributed by atoms with E-state index in [2.05, 4.69) is 10.3 Å². The molecule has 1 aromatic heterocycles. The molecule has 1 atom stereocenters. The molecule has 0 radical (unpaired) electrons. The molecule has 0 aliphatic carbocycles. The topological polar surface area (TPSA) is 82.5 Å². The van der Waals surface area contributed by atoms with E-state index in [1.807, 2.05) is 12.3 Å². The number of amides is 1. The van der Waals surface area contributed by atoms with Crippen LogP contribution in [0.25, 0.3) is 0 Å². The van der Waals surface area contributed by atoms with E-state index in [9.17, 15) is 9.59 Å². The molecule has 1 aromatic carbocycles. The number of benzene rings is 1. The van der Waals surface area contributed by atoms with Gasteiger partial charge in [0.15, 0.2) is 5.16 Å². The van der Waals surface area contributed by atoms with Gasteiger partial charge < -0.3 is 19.4 Å². The average molecular weight is 361 g/mol. The van der Waals surface area contributed by atoms with Crippen LogP contribution in [0, 0.1) is 0 Å². The molecule has 1 amide bonds. The maximum Gasteiger partial charge on any atom is 0.279 e. The van der Waals surface area contributed by atoms with Crippen molar-refractivity contribution in [2.45, 2.75) is 17.5 Å². The third kappa shape index (κ3) is 2.97. The zero-order chi connectivity index (χ0) is 18.1. The monoisotopic (exact) mass is 361 g/mol. The first kappa shape index (κ1) is 17.3. The number of hydrogen-bond acceptors (Lipinski definition) is 6. The lowest BCUT2D eigenvalue weighted by Crippen LogP contribution is -2.33. The number of thioether (sulfide) groups is 1. The van der Waals surface area contributed by atoms with Gasteiger partial charge in [0.25, 0.3) is 5.56 Å². The number of hydrogen-bond donors (Lipinski definition) is 1. The van der Waals surface area contributed by atoms with Gasteiger partial charge >= 0.3 is 0 Å². The second kappa shape index (κ2) is 6.79. The van der Waals surface area contributed by atoms with Gasteiger partial charge in [0, 0.05) is 31.0 Å². The highest BCUT2D eigenvalue weighted by atomic mass is 32.2. The minimum Gasteiger partial charge on any atom is -0.497 e. The summed E-state index contributed by atoms with van der Waals surface area (Å²) in [6.07, 6.45) is 1.99. The fourth-order valence-corrected chi connectivity index (χ4v) is 3.63. The van der Waals surface area contributed by atoms with Crippen LogP contribution in [0.3, 0.4) is 0 Å². The molecule has 1 N–H and O–H groups in total. The minimum absolute atomic E-state index is 0.149. The van der Waals surface area contributed by atoms with Crippen molar-refractivity contribution in [3.8, 4) is 11.5 Å². The van der Waals surface area contributed by atoms with Gasteiger partial charge in [0.2, 0.25) is 5.91 Å². The smallest absolute Gasteiger partial charge is 0.279 e. The van der Waals surface area contributed by atoms with Gasteiger partial charge in [0.05, 0.1) is 19.8 Å². The number of nitrogens with zero attached hydrogens (tertiary/aromatic N) is 2. The molecular formula is C17H19N3O4S. The van der Waals surface area contributed by atoms with Crippen LogP contribution in [0.1, 0.15) is 23.5 Å². The molecule has 0 unspecified atom stereocenters. The zero-order valence-electron chi connectivity index (χ0n) is 14.5. The second-order valence-electron chi connectivity index (χ2n) is 5.64. The third-order valence-electron chi connectivity index (χ3n) is 4.30. The number of methoxy groups -OCH3 is 2. The van der Waals surface area contributed by atoms with Crippen molar-refractivity contribution in [3.05, 3.63) is 39.7 Å². The average Bonchev–Trinajstić information content (AvgIpc) is 2.63. The van der Waals surface area contributed by atoms with Gasteiger partial charge in [-0.1, -0.05) is 17.8 Å². The van der Waals surface area contributed by atoms with Crippen LogP contribution in [0.5, 0.6) is 11.5 Å². The van der Waals surface area contributed by atoms with Crippen molar-refractivity contribution in [1.82, 2.24) is 9.55 Å². The van der Waals surface area contributed by atoms with E-state index in [-0.39, 0.29) is 17.9 Å². The van der Waals surface area contributed by atoms with E-state index in [1.54, 1.807) is 38.0 Å². The maximum absolute atomic E-state index is 12.7. The van der Waals surface area contributed by atoms with Crippen molar-refractivity contribution in [1.29, 1.82) is 0 Å². The van der Waals surface area contributed by atoms with E-state index in [0.717, 1.165) is 5.56 Å². The molecule has 3 rings (SSSR count). The summed E-state index contributed by atoms with van der Waals surface area (Å²) in [5.41, 5.74) is 0.902. The van der Waals surface area contributed by atoms with Crippen LogP contribution in [-0.4, -0.2) is 35.9 Å². The summed E-state index contributed by atoms with van der Waals surface area (Å²) in [7, 11) is 4.90. The molecule has 0 saturated heterocycles. The highest BCUT2D eigenvalue weighted by Gasteiger charge is 2.33. The predicted molar refractivity (Wildman–Crippen MR) is 95.9 cm³/mol. The van der Waals surface area contributed by atoms with Crippen molar-refractivity contribution < 1.29 is 14.3 Å². The van der Waals surface area contributed by atoms with Gasteiger partial charge in [-0.2, -0.15) is 4.98 Å². The van der Waals surface area contributed by atoms with E-state index in [1.165, 1.54) is 11.8 Å². The Morgan fingerprint density at radius 3 is 2.68 bits per heavy atom. The van der Waals surface area contributed by atoms with Crippen LogP contribution in [0.15, 0.2) is 28.2 Å². The highest BCUT2D eigenvalue weighted by molar-refractivity contribution is 7.98. The number of carbonyl (C=O) groups excluding carboxylic acids is 1. The number of fused-ring (bicyclic) bond motifs is 1. The van der Waals surface area contributed by atoms with Crippen molar-refractivity contribution >= 4 is 23.5 Å². The number of aromatic nitrogens is 2. The largest absolute Gasteiger partial charge is 0.497 e. The molecule has 7 nitrogen and oxygen atoms in total. The van der Waals surface area contributed by atoms with Crippen LogP contribution in [0.2, 0.25) is 0 Å². The SMILES string of the molecule is COc1ccc([C@@H]2CC(=O)Nc3c2c(=O)nc(SC)n3C)c(OC)c1. The van der Waals surface area contributed by atoms with E-state index in [0.29, 0.717) is 28.0 Å². The van der Waals surface area contributed by atoms with E-state index < -0.39 is 5.92 Å².